The molecule has 0 saturated carbocycles. The fourth-order valence-corrected chi connectivity index (χ4v) is 3.50. The Morgan fingerprint density at radius 1 is 1.27 bits per heavy atom. The third-order valence-corrected chi connectivity index (χ3v) is 4.97. The second-order valence-corrected chi connectivity index (χ2v) is 6.96. The molecule has 3 rings (SSSR count). The second kappa shape index (κ2) is 7.48. The molecular weight excluding hydrogens is 369 g/mol. The van der Waals surface area contributed by atoms with Crippen LogP contribution in [0, 0.1) is 0 Å². The second-order valence-electron chi connectivity index (χ2n) is 6.01. The third kappa shape index (κ3) is 4.43. The van der Waals surface area contributed by atoms with E-state index in [1.807, 2.05) is 11.4 Å². The summed E-state index contributed by atoms with van der Waals surface area (Å²) in [6.45, 7) is 0.785. The lowest BCUT2D eigenvalue weighted by molar-refractivity contribution is -0.141. The Morgan fingerprint density at radius 3 is 2.58 bits per heavy atom. The van der Waals surface area contributed by atoms with Crippen molar-refractivity contribution in [1.29, 1.82) is 0 Å². The average molecular weight is 386 g/mol. The smallest absolute Gasteiger partial charge is 0.352 e. The van der Waals surface area contributed by atoms with Crippen molar-refractivity contribution in [3.63, 3.8) is 0 Å². The van der Waals surface area contributed by atoms with Crippen molar-refractivity contribution in [2.45, 2.75) is 31.6 Å². The first kappa shape index (κ1) is 18.4. The van der Waals surface area contributed by atoms with E-state index in [1.165, 1.54) is 11.3 Å². The molecular formula is C16H17F3N4O2S. The molecule has 6 nitrogen and oxygen atoms in total. The summed E-state index contributed by atoms with van der Waals surface area (Å²) >= 11 is 1.39. The van der Waals surface area contributed by atoms with Crippen LogP contribution in [0.1, 0.15) is 28.2 Å². The van der Waals surface area contributed by atoms with Crippen LogP contribution in [0.5, 0.6) is 0 Å². The van der Waals surface area contributed by atoms with Gasteiger partial charge in [0.25, 0.3) is 5.91 Å². The fourth-order valence-electron chi connectivity index (χ4n) is 2.80. The van der Waals surface area contributed by atoms with E-state index in [1.54, 1.807) is 11.0 Å². The number of likely N-dealkylation sites (tertiary alicyclic amines) is 1. The van der Waals surface area contributed by atoms with Crippen molar-refractivity contribution >= 4 is 23.2 Å². The van der Waals surface area contributed by atoms with Crippen LogP contribution in [-0.2, 0) is 17.5 Å². The number of halogens is 3. The normalized spacial score (nSPS) is 15.9. The molecule has 1 N–H and O–H groups in total. The van der Waals surface area contributed by atoms with Crippen LogP contribution < -0.4 is 5.32 Å². The minimum atomic E-state index is -4.52. The summed E-state index contributed by atoms with van der Waals surface area (Å²) < 4.78 is 38.5. The Hall–Kier alpha value is -2.36. The summed E-state index contributed by atoms with van der Waals surface area (Å²) in [5.41, 5.74) is -1.02. The maximum Gasteiger partial charge on any atom is 0.435 e. The number of rotatable bonds is 4. The van der Waals surface area contributed by atoms with Crippen molar-refractivity contribution in [3.8, 4) is 0 Å². The molecule has 140 valence electrons. The number of nitrogens with zero attached hydrogens (tertiary/aromatic N) is 3. The van der Waals surface area contributed by atoms with Gasteiger partial charge in [0, 0.05) is 25.3 Å². The van der Waals surface area contributed by atoms with Crippen LogP contribution in [0.2, 0.25) is 0 Å². The van der Waals surface area contributed by atoms with Gasteiger partial charge in [-0.2, -0.15) is 18.3 Å². The standard InChI is InChI=1S/C16H17F3N4O2S/c17-16(18,19)13-5-8-23(21-13)10-14(24)20-11-3-6-22(7-4-11)15(25)12-2-1-9-26-12/h1-2,5,8-9,11H,3-4,6-7,10H2,(H,20,24). The Labute approximate surface area is 151 Å². The molecule has 0 spiro atoms. The number of aromatic nitrogens is 2. The summed E-state index contributed by atoms with van der Waals surface area (Å²) in [4.78, 5) is 26.7. The highest BCUT2D eigenvalue weighted by Gasteiger charge is 2.33. The number of hydrogen-bond donors (Lipinski definition) is 1. The van der Waals surface area contributed by atoms with E-state index in [2.05, 4.69) is 10.4 Å². The molecule has 1 saturated heterocycles. The van der Waals surface area contributed by atoms with E-state index in [9.17, 15) is 22.8 Å². The number of amides is 2. The van der Waals surface area contributed by atoms with Crippen LogP contribution in [0.3, 0.4) is 0 Å². The number of piperidine rings is 1. The molecule has 0 radical (unpaired) electrons. The largest absolute Gasteiger partial charge is 0.435 e. The highest BCUT2D eigenvalue weighted by molar-refractivity contribution is 7.12. The van der Waals surface area contributed by atoms with Gasteiger partial charge in [0.15, 0.2) is 5.69 Å². The summed E-state index contributed by atoms with van der Waals surface area (Å²) in [6, 6.07) is 4.33. The first-order valence-corrected chi connectivity index (χ1v) is 8.93. The molecule has 0 unspecified atom stereocenters. The molecule has 0 atom stereocenters. The quantitative estimate of drug-likeness (QED) is 0.877. The van der Waals surface area contributed by atoms with Crippen LogP contribution >= 0.6 is 11.3 Å². The molecule has 0 aliphatic carbocycles. The number of carbonyl (C=O) groups excluding carboxylic acids is 2. The molecule has 2 amide bonds. The summed E-state index contributed by atoms with van der Waals surface area (Å²) in [6.07, 6.45) is -2.18. The van der Waals surface area contributed by atoms with E-state index < -0.39 is 17.8 Å². The average Bonchev–Trinajstić information content (AvgIpc) is 3.26. The van der Waals surface area contributed by atoms with E-state index in [0.29, 0.717) is 30.8 Å². The van der Waals surface area contributed by atoms with Gasteiger partial charge < -0.3 is 10.2 Å². The highest BCUT2D eigenvalue weighted by Crippen LogP contribution is 2.27. The van der Waals surface area contributed by atoms with Gasteiger partial charge in [-0.25, -0.2) is 0 Å². The van der Waals surface area contributed by atoms with Crippen molar-refractivity contribution in [3.05, 3.63) is 40.3 Å². The number of thiophene rings is 1. The van der Waals surface area contributed by atoms with Gasteiger partial charge in [0.1, 0.15) is 6.54 Å². The molecule has 0 bridgehead atoms. The van der Waals surface area contributed by atoms with Crippen molar-refractivity contribution < 1.29 is 22.8 Å². The van der Waals surface area contributed by atoms with E-state index in [-0.39, 0.29) is 18.5 Å². The molecule has 1 aliphatic heterocycles. The van der Waals surface area contributed by atoms with Gasteiger partial charge in [-0.3, -0.25) is 14.3 Å². The predicted molar refractivity (Wildman–Crippen MR) is 88.6 cm³/mol. The van der Waals surface area contributed by atoms with Gasteiger partial charge in [0.05, 0.1) is 4.88 Å². The summed E-state index contributed by atoms with van der Waals surface area (Å²) in [5.74, 6) is -0.411. The Balaban J connectivity index is 1.46. The van der Waals surface area contributed by atoms with E-state index in [0.717, 1.165) is 16.9 Å². The van der Waals surface area contributed by atoms with Crippen molar-refractivity contribution in [2.75, 3.05) is 13.1 Å². The zero-order chi connectivity index (χ0) is 18.7. The monoisotopic (exact) mass is 386 g/mol. The van der Waals surface area contributed by atoms with Gasteiger partial charge in [-0.05, 0) is 30.4 Å². The molecule has 2 aromatic rings. The van der Waals surface area contributed by atoms with E-state index in [4.69, 9.17) is 0 Å². The van der Waals surface area contributed by atoms with Crippen LogP contribution in [0.15, 0.2) is 29.8 Å². The van der Waals surface area contributed by atoms with Crippen LogP contribution in [0.25, 0.3) is 0 Å². The fraction of sp³-hybridized carbons (Fsp3) is 0.438. The Morgan fingerprint density at radius 2 is 2.00 bits per heavy atom. The molecule has 2 aromatic heterocycles. The van der Waals surface area contributed by atoms with Gasteiger partial charge in [-0.15, -0.1) is 11.3 Å². The van der Waals surface area contributed by atoms with Crippen LogP contribution in [0.4, 0.5) is 13.2 Å². The topological polar surface area (TPSA) is 67.2 Å². The van der Waals surface area contributed by atoms with Gasteiger partial charge in [0.2, 0.25) is 5.91 Å². The van der Waals surface area contributed by atoms with Gasteiger partial charge in [-0.1, -0.05) is 6.07 Å². The lowest BCUT2D eigenvalue weighted by Gasteiger charge is -2.32. The number of hydrogen-bond acceptors (Lipinski definition) is 4. The molecule has 1 aliphatic rings. The zero-order valence-electron chi connectivity index (χ0n) is 13.7. The highest BCUT2D eigenvalue weighted by atomic mass is 32.1. The number of nitrogens with one attached hydrogen (secondary N) is 1. The van der Waals surface area contributed by atoms with Crippen molar-refractivity contribution in [2.24, 2.45) is 0 Å². The number of carbonyl (C=O) groups is 2. The van der Waals surface area contributed by atoms with E-state index >= 15 is 0 Å². The lowest BCUT2D eigenvalue weighted by Crippen LogP contribution is -2.47. The minimum absolute atomic E-state index is 0.0130. The third-order valence-electron chi connectivity index (χ3n) is 4.12. The Bertz CT molecular complexity index is 765. The first-order chi connectivity index (χ1) is 12.3. The van der Waals surface area contributed by atoms with Gasteiger partial charge >= 0.3 is 6.18 Å². The van der Waals surface area contributed by atoms with Crippen molar-refractivity contribution in [1.82, 2.24) is 20.0 Å². The summed E-state index contributed by atoms with van der Waals surface area (Å²) in [5, 5.41) is 8.00. The number of alkyl halides is 3. The predicted octanol–water partition coefficient (Wildman–Crippen LogP) is 2.38. The molecule has 26 heavy (non-hydrogen) atoms. The summed E-state index contributed by atoms with van der Waals surface area (Å²) in [7, 11) is 0. The molecule has 3 heterocycles. The molecule has 0 aromatic carbocycles. The first-order valence-electron chi connectivity index (χ1n) is 8.06. The molecule has 1 fully saturated rings. The Kier molecular flexibility index (Phi) is 5.30. The zero-order valence-corrected chi connectivity index (χ0v) is 14.5. The maximum atomic E-state index is 12.5. The SMILES string of the molecule is O=C(Cn1ccc(C(F)(F)F)n1)NC1CCN(C(=O)c2cccs2)CC1. The minimum Gasteiger partial charge on any atom is -0.352 e. The molecule has 10 heteroatoms. The van der Waals surface area contributed by atoms with Crippen LogP contribution in [-0.4, -0.2) is 45.6 Å². The maximum absolute atomic E-state index is 12.5. The lowest BCUT2D eigenvalue weighted by atomic mass is 10.0.